The van der Waals surface area contributed by atoms with Crippen molar-refractivity contribution in [2.24, 2.45) is 0 Å². The average molecular weight is 409 g/mol. The highest BCUT2D eigenvalue weighted by molar-refractivity contribution is 7.89. The van der Waals surface area contributed by atoms with Crippen LogP contribution in [0.15, 0.2) is 23.1 Å². The molecule has 9 heteroatoms. The number of amides is 3. The zero-order valence-electron chi connectivity index (χ0n) is 16.6. The maximum atomic E-state index is 12.7. The number of sulfonamides is 1. The van der Waals surface area contributed by atoms with Gasteiger partial charge in [-0.05, 0) is 63.8 Å². The minimum absolute atomic E-state index is 0.0102. The van der Waals surface area contributed by atoms with Gasteiger partial charge in [0.25, 0.3) is 0 Å². The normalized spacial score (nSPS) is 17.7. The van der Waals surface area contributed by atoms with E-state index in [-0.39, 0.29) is 22.9 Å². The molecule has 1 atom stereocenters. The van der Waals surface area contributed by atoms with E-state index >= 15 is 0 Å². The number of carbonyl (C=O) groups excluding carboxylic acids is 2. The van der Waals surface area contributed by atoms with Crippen LogP contribution in [0.5, 0.6) is 0 Å². The number of nitrogens with one attached hydrogen (secondary N) is 2. The Balaban J connectivity index is 1.74. The highest BCUT2D eigenvalue weighted by Gasteiger charge is 2.31. The number of benzene rings is 1. The maximum absolute atomic E-state index is 12.7. The molecule has 3 amide bonds. The summed E-state index contributed by atoms with van der Waals surface area (Å²) >= 11 is 0. The lowest BCUT2D eigenvalue weighted by Crippen LogP contribution is -2.46. The summed E-state index contributed by atoms with van der Waals surface area (Å²) in [5.41, 5.74) is 1.59. The molecule has 0 spiro atoms. The summed E-state index contributed by atoms with van der Waals surface area (Å²) in [7, 11) is -3.84. The molecule has 28 heavy (non-hydrogen) atoms. The highest BCUT2D eigenvalue weighted by atomic mass is 32.2. The van der Waals surface area contributed by atoms with Gasteiger partial charge in [0, 0.05) is 31.4 Å². The lowest BCUT2D eigenvalue weighted by molar-refractivity contribution is -0.122. The average Bonchev–Trinajstić information content (AvgIpc) is 3.29. The monoisotopic (exact) mass is 408 g/mol. The molecule has 0 aromatic heterocycles. The van der Waals surface area contributed by atoms with Gasteiger partial charge in [0.1, 0.15) is 0 Å². The van der Waals surface area contributed by atoms with Gasteiger partial charge < -0.3 is 10.2 Å². The summed E-state index contributed by atoms with van der Waals surface area (Å²) in [6.07, 6.45) is 2.66. The maximum Gasteiger partial charge on any atom is 0.324 e. The smallest absolute Gasteiger partial charge is 0.324 e. The third kappa shape index (κ3) is 4.30. The molecule has 8 nitrogen and oxygen atoms in total. The first-order chi connectivity index (χ1) is 13.2. The molecular formula is C19H28N4O4S. The van der Waals surface area contributed by atoms with E-state index in [0.29, 0.717) is 13.0 Å². The van der Waals surface area contributed by atoms with E-state index in [0.717, 1.165) is 37.2 Å². The minimum atomic E-state index is -3.84. The number of hydrogen-bond donors (Lipinski definition) is 2. The molecule has 0 saturated carbocycles. The quantitative estimate of drug-likeness (QED) is 0.770. The zero-order chi connectivity index (χ0) is 20.5. The fourth-order valence-corrected chi connectivity index (χ4v) is 4.84. The van der Waals surface area contributed by atoms with Crippen molar-refractivity contribution in [3.8, 4) is 0 Å². The van der Waals surface area contributed by atoms with E-state index in [2.05, 4.69) is 10.0 Å². The fourth-order valence-electron chi connectivity index (χ4n) is 3.59. The van der Waals surface area contributed by atoms with Crippen LogP contribution in [0.4, 0.5) is 10.5 Å². The van der Waals surface area contributed by atoms with Gasteiger partial charge in [-0.15, -0.1) is 0 Å². The van der Waals surface area contributed by atoms with Crippen molar-refractivity contribution < 1.29 is 18.0 Å². The molecule has 154 valence electrons. The Morgan fingerprint density at radius 3 is 2.39 bits per heavy atom. The van der Waals surface area contributed by atoms with Crippen LogP contribution in [0.25, 0.3) is 0 Å². The number of urea groups is 1. The Morgan fingerprint density at radius 2 is 1.75 bits per heavy atom. The molecule has 1 aromatic carbocycles. The van der Waals surface area contributed by atoms with Gasteiger partial charge in [-0.3, -0.25) is 9.69 Å². The predicted octanol–water partition coefficient (Wildman–Crippen LogP) is 1.46. The van der Waals surface area contributed by atoms with Gasteiger partial charge in [0.15, 0.2) is 0 Å². The Bertz CT molecular complexity index is 863. The van der Waals surface area contributed by atoms with Crippen molar-refractivity contribution in [2.45, 2.75) is 57.0 Å². The standard InChI is InChI=1S/C19H28N4O4S/c1-13(2)20-18(24)14(3)21-28(26,27)16-6-7-17-15(12-16)8-11-23(17)19(25)22-9-4-5-10-22/h6-7,12-14,21H,4-5,8-11H2,1-3H3,(H,20,24). The summed E-state index contributed by atoms with van der Waals surface area (Å²) in [6, 6.07) is 3.81. The van der Waals surface area contributed by atoms with Crippen LogP contribution in [-0.2, 0) is 21.2 Å². The van der Waals surface area contributed by atoms with Crippen LogP contribution in [0, 0.1) is 0 Å². The first-order valence-electron chi connectivity index (χ1n) is 9.71. The van der Waals surface area contributed by atoms with Gasteiger partial charge in [0.05, 0.1) is 10.9 Å². The van der Waals surface area contributed by atoms with Crippen LogP contribution in [-0.4, -0.2) is 57.0 Å². The van der Waals surface area contributed by atoms with Gasteiger partial charge in [-0.1, -0.05) is 0 Å². The summed E-state index contributed by atoms with van der Waals surface area (Å²) in [5.74, 6) is -0.373. The number of nitrogens with zero attached hydrogens (tertiary/aromatic N) is 2. The SMILES string of the molecule is CC(C)NC(=O)C(C)NS(=O)(=O)c1ccc2c(c1)CCN2C(=O)N1CCCC1. The summed E-state index contributed by atoms with van der Waals surface area (Å²) in [6.45, 7) is 7.24. The number of likely N-dealkylation sites (tertiary alicyclic amines) is 1. The minimum Gasteiger partial charge on any atom is -0.353 e. The third-order valence-electron chi connectivity index (χ3n) is 5.02. The van der Waals surface area contributed by atoms with E-state index in [9.17, 15) is 18.0 Å². The number of fused-ring (bicyclic) bond motifs is 1. The second-order valence-corrected chi connectivity index (χ2v) is 9.39. The first kappa shape index (κ1) is 20.6. The molecule has 0 bridgehead atoms. The molecule has 2 aliphatic rings. The molecular weight excluding hydrogens is 380 g/mol. The zero-order valence-corrected chi connectivity index (χ0v) is 17.4. The second kappa shape index (κ2) is 8.08. The molecule has 1 saturated heterocycles. The molecule has 2 heterocycles. The molecule has 1 unspecified atom stereocenters. The van der Waals surface area contributed by atoms with Crippen molar-refractivity contribution in [3.63, 3.8) is 0 Å². The summed E-state index contributed by atoms with van der Waals surface area (Å²) in [5, 5.41) is 2.69. The molecule has 1 aromatic rings. The Kier molecular flexibility index (Phi) is 5.95. The lowest BCUT2D eigenvalue weighted by Gasteiger charge is -2.24. The number of rotatable bonds is 5. The number of anilines is 1. The van der Waals surface area contributed by atoms with Gasteiger partial charge >= 0.3 is 6.03 Å². The molecule has 2 aliphatic heterocycles. The predicted molar refractivity (Wildman–Crippen MR) is 107 cm³/mol. The van der Waals surface area contributed by atoms with Crippen LogP contribution in [0.1, 0.15) is 39.2 Å². The van der Waals surface area contributed by atoms with Crippen LogP contribution in [0.3, 0.4) is 0 Å². The molecule has 0 radical (unpaired) electrons. The highest BCUT2D eigenvalue weighted by Crippen LogP contribution is 2.31. The van der Waals surface area contributed by atoms with E-state index in [4.69, 9.17) is 0 Å². The van der Waals surface area contributed by atoms with E-state index in [1.165, 1.54) is 13.0 Å². The number of hydrogen-bond acceptors (Lipinski definition) is 4. The van der Waals surface area contributed by atoms with Crippen molar-refractivity contribution in [1.29, 1.82) is 0 Å². The van der Waals surface area contributed by atoms with Crippen LogP contribution >= 0.6 is 0 Å². The third-order valence-corrected chi connectivity index (χ3v) is 6.56. The summed E-state index contributed by atoms with van der Waals surface area (Å²) in [4.78, 5) is 28.4. The molecule has 3 rings (SSSR count). The molecule has 0 aliphatic carbocycles. The van der Waals surface area contributed by atoms with E-state index < -0.39 is 16.1 Å². The van der Waals surface area contributed by atoms with Crippen molar-refractivity contribution in [3.05, 3.63) is 23.8 Å². The Morgan fingerprint density at radius 1 is 1.07 bits per heavy atom. The second-order valence-electron chi connectivity index (χ2n) is 7.68. The molecule has 1 fully saturated rings. The van der Waals surface area contributed by atoms with Crippen molar-refractivity contribution in [2.75, 3.05) is 24.5 Å². The fraction of sp³-hybridized carbons (Fsp3) is 0.579. The van der Waals surface area contributed by atoms with Crippen molar-refractivity contribution >= 4 is 27.6 Å². The Labute approximate surface area is 166 Å². The van der Waals surface area contributed by atoms with E-state index in [1.54, 1.807) is 17.0 Å². The summed E-state index contributed by atoms with van der Waals surface area (Å²) < 4.78 is 27.8. The first-order valence-corrected chi connectivity index (χ1v) is 11.2. The van der Waals surface area contributed by atoms with Crippen LogP contribution in [0.2, 0.25) is 0 Å². The van der Waals surface area contributed by atoms with Crippen molar-refractivity contribution in [1.82, 2.24) is 14.9 Å². The largest absolute Gasteiger partial charge is 0.353 e. The lowest BCUT2D eigenvalue weighted by atomic mass is 10.2. The van der Waals surface area contributed by atoms with Gasteiger partial charge in [0.2, 0.25) is 15.9 Å². The Hall–Kier alpha value is -2.13. The molecule has 2 N–H and O–H groups in total. The van der Waals surface area contributed by atoms with Gasteiger partial charge in [-0.2, -0.15) is 4.72 Å². The van der Waals surface area contributed by atoms with E-state index in [1.807, 2.05) is 18.7 Å². The van der Waals surface area contributed by atoms with Gasteiger partial charge in [-0.25, -0.2) is 13.2 Å². The van der Waals surface area contributed by atoms with Crippen LogP contribution < -0.4 is 14.9 Å². The number of carbonyl (C=O) groups is 2. The topological polar surface area (TPSA) is 98.8 Å².